The Hall–Kier alpha value is -1.26. The second kappa shape index (κ2) is 6.26. The van der Waals surface area contributed by atoms with E-state index in [9.17, 15) is 9.90 Å². The number of aliphatic hydroxyl groups excluding tert-OH is 1. The maximum absolute atomic E-state index is 11.8. The average molecular weight is 286 g/mol. The van der Waals surface area contributed by atoms with Crippen LogP contribution in [0.3, 0.4) is 0 Å². The van der Waals surface area contributed by atoms with Crippen molar-refractivity contribution in [3.63, 3.8) is 0 Å². The number of carbonyl (C=O) groups is 1. The highest BCUT2D eigenvalue weighted by molar-refractivity contribution is 6.30. The van der Waals surface area contributed by atoms with Crippen LogP contribution < -0.4 is 0 Å². The number of hydrogen-bond donors (Lipinski definition) is 1. The lowest BCUT2D eigenvalue weighted by atomic mass is 10.1. The third-order valence-corrected chi connectivity index (χ3v) is 2.69. The molecule has 0 aromatic heterocycles. The number of rotatable bonds is 3. The first kappa shape index (κ1) is 15.8. The number of benzene rings is 1. The van der Waals surface area contributed by atoms with Crippen LogP contribution in [0.15, 0.2) is 18.2 Å². The van der Waals surface area contributed by atoms with Gasteiger partial charge in [0.05, 0.1) is 6.61 Å². The first-order valence-corrected chi connectivity index (χ1v) is 6.43. The molecule has 0 fully saturated rings. The summed E-state index contributed by atoms with van der Waals surface area (Å²) in [6, 6.07) is 5.23. The molecule has 0 aliphatic rings. The van der Waals surface area contributed by atoms with E-state index < -0.39 is 11.7 Å². The Morgan fingerprint density at radius 1 is 1.37 bits per heavy atom. The van der Waals surface area contributed by atoms with Crippen molar-refractivity contribution in [1.29, 1.82) is 0 Å². The van der Waals surface area contributed by atoms with Crippen LogP contribution in [0, 0.1) is 0 Å². The Morgan fingerprint density at radius 3 is 2.53 bits per heavy atom. The molecule has 1 aromatic carbocycles. The Bertz CT molecular complexity index is 454. The monoisotopic (exact) mass is 285 g/mol. The Kier molecular flexibility index (Phi) is 5.20. The third-order valence-electron chi connectivity index (χ3n) is 2.45. The van der Waals surface area contributed by atoms with Gasteiger partial charge in [0.1, 0.15) is 5.60 Å². The molecular weight excluding hydrogens is 266 g/mol. The Morgan fingerprint density at radius 2 is 2.00 bits per heavy atom. The fourth-order valence-electron chi connectivity index (χ4n) is 1.56. The molecule has 0 radical (unpaired) electrons. The summed E-state index contributed by atoms with van der Waals surface area (Å²) in [5, 5.41) is 9.85. The second-order valence-corrected chi connectivity index (χ2v) is 5.84. The van der Waals surface area contributed by atoms with Gasteiger partial charge in [-0.25, -0.2) is 4.79 Å². The van der Waals surface area contributed by atoms with E-state index in [1.807, 2.05) is 20.8 Å². The maximum Gasteiger partial charge on any atom is 0.410 e. The van der Waals surface area contributed by atoms with E-state index in [4.69, 9.17) is 16.3 Å². The summed E-state index contributed by atoms with van der Waals surface area (Å²) in [7, 11) is 1.66. The molecule has 1 aromatic rings. The minimum atomic E-state index is -0.523. The fourth-order valence-corrected chi connectivity index (χ4v) is 1.75. The molecule has 0 unspecified atom stereocenters. The summed E-state index contributed by atoms with van der Waals surface area (Å²) in [6.45, 7) is 5.71. The molecule has 19 heavy (non-hydrogen) atoms. The van der Waals surface area contributed by atoms with Gasteiger partial charge in [0, 0.05) is 18.6 Å². The van der Waals surface area contributed by atoms with Gasteiger partial charge in [0.25, 0.3) is 0 Å². The summed E-state index contributed by atoms with van der Waals surface area (Å²) in [4.78, 5) is 13.3. The first-order chi connectivity index (χ1) is 8.73. The van der Waals surface area contributed by atoms with Crippen molar-refractivity contribution < 1.29 is 14.6 Å². The van der Waals surface area contributed by atoms with Crippen LogP contribution in [0.1, 0.15) is 31.9 Å². The number of halogens is 1. The molecule has 0 aliphatic carbocycles. The second-order valence-electron chi connectivity index (χ2n) is 5.41. The summed E-state index contributed by atoms with van der Waals surface area (Å²) in [5.74, 6) is 0. The smallest absolute Gasteiger partial charge is 0.410 e. The summed E-state index contributed by atoms with van der Waals surface area (Å²) in [5.41, 5.74) is 1.04. The van der Waals surface area contributed by atoms with Gasteiger partial charge in [0.2, 0.25) is 0 Å². The molecular formula is C14H20ClNO3. The highest BCUT2D eigenvalue weighted by atomic mass is 35.5. The highest BCUT2D eigenvalue weighted by Gasteiger charge is 2.20. The molecule has 1 N–H and O–H groups in total. The van der Waals surface area contributed by atoms with E-state index in [1.165, 1.54) is 4.90 Å². The average Bonchev–Trinajstić information content (AvgIpc) is 2.29. The topological polar surface area (TPSA) is 49.8 Å². The van der Waals surface area contributed by atoms with Gasteiger partial charge in [-0.1, -0.05) is 17.7 Å². The van der Waals surface area contributed by atoms with E-state index in [-0.39, 0.29) is 6.61 Å². The number of carbonyl (C=O) groups excluding carboxylic acids is 1. The van der Waals surface area contributed by atoms with E-state index in [0.717, 1.165) is 5.56 Å². The van der Waals surface area contributed by atoms with Crippen molar-refractivity contribution in [2.75, 3.05) is 7.05 Å². The zero-order valence-corrected chi connectivity index (χ0v) is 12.5. The third kappa shape index (κ3) is 5.09. The molecule has 4 nitrogen and oxygen atoms in total. The molecule has 5 heteroatoms. The molecule has 0 saturated carbocycles. The van der Waals surface area contributed by atoms with Crippen LogP contribution in [-0.4, -0.2) is 28.7 Å². The maximum atomic E-state index is 11.8. The molecule has 1 amide bonds. The van der Waals surface area contributed by atoms with Crippen LogP contribution >= 0.6 is 11.6 Å². The van der Waals surface area contributed by atoms with Gasteiger partial charge < -0.3 is 14.7 Å². The SMILES string of the molecule is CN(Cc1ccc(Cl)cc1CO)C(=O)OC(C)(C)C. The number of hydrogen-bond acceptors (Lipinski definition) is 3. The van der Waals surface area contributed by atoms with Gasteiger partial charge >= 0.3 is 6.09 Å². The van der Waals surface area contributed by atoms with Crippen LogP contribution in [0.4, 0.5) is 4.79 Å². The van der Waals surface area contributed by atoms with Crippen LogP contribution in [0.2, 0.25) is 5.02 Å². The molecule has 0 aliphatic heterocycles. The number of amides is 1. The molecule has 0 heterocycles. The highest BCUT2D eigenvalue weighted by Crippen LogP contribution is 2.18. The van der Waals surface area contributed by atoms with Crippen LogP contribution in [-0.2, 0) is 17.9 Å². The van der Waals surface area contributed by atoms with Crippen molar-refractivity contribution in [3.05, 3.63) is 34.3 Å². The largest absolute Gasteiger partial charge is 0.444 e. The van der Waals surface area contributed by atoms with Crippen molar-refractivity contribution >= 4 is 17.7 Å². The van der Waals surface area contributed by atoms with Crippen LogP contribution in [0.25, 0.3) is 0 Å². The predicted octanol–water partition coefficient (Wildman–Crippen LogP) is 3.20. The van der Waals surface area contributed by atoms with E-state index in [0.29, 0.717) is 17.1 Å². The lowest BCUT2D eigenvalue weighted by Crippen LogP contribution is -2.34. The normalized spacial score (nSPS) is 11.3. The zero-order chi connectivity index (χ0) is 14.6. The van der Waals surface area contributed by atoms with Crippen molar-refractivity contribution in [2.24, 2.45) is 0 Å². The van der Waals surface area contributed by atoms with Gasteiger partial charge in [-0.3, -0.25) is 0 Å². The number of nitrogens with zero attached hydrogens (tertiary/aromatic N) is 1. The summed E-state index contributed by atoms with van der Waals surface area (Å²) < 4.78 is 5.27. The number of ether oxygens (including phenoxy) is 1. The van der Waals surface area contributed by atoms with E-state index in [2.05, 4.69) is 0 Å². The van der Waals surface area contributed by atoms with Gasteiger partial charge in [0.15, 0.2) is 0 Å². The molecule has 0 bridgehead atoms. The van der Waals surface area contributed by atoms with Gasteiger partial charge in [-0.15, -0.1) is 0 Å². The Balaban J connectivity index is 2.76. The zero-order valence-electron chi connectivity index (χ0n) is 11.7. The number of aliphatic hydroxyl groups is 1. The fraction of sp³-hybridized carbons (Fsp3) is 0.500. The first-order valence-electron chi connectivity index (χ1n) is 6.05. The van der Waals surface area contributed by atoms with E-state index >= 15 is 0 Å². The predicted molar refractivity (Wildman–Crippen MR) is 75.1 cm³/mol. The molecule has 0 atom stereocenters. The summed E-state index contributed by atoms with van der Waals surface area (Å²) in [6.07, 6.45) is -0.397. The van der Waals surface area contributed by atoms with Crippen molar-refractivity contribution in [2.45, 2.75) is 39.5 Å². The quantitative estimate of drug-likeness (QED) is 0.928. The van der Waals surface area contributed by atoms with E-state index in [1.54, 1.807) is 25.2 Å². The Labute approximate surface area is 118 Å². The summed E-state index contributed by atoms with van der Waals surface area (Å²) >= 11 is 5.87. The molecule has 106 valence electrons. The van der Waals surface area contributed by atoms with Crippen molar-refractivity contribution in [1.82, 2.24) is 4.90 Å². The molecule has 1 rings (SSSR count). The minimum absolute atomic E-state index is 0.113. The molecule has 0 spiro atoms. The lowest BCUT2D eigenvalue weighted by Gasteiger charge is -2.25. The molecule has 0 saturated heterocycles. The lowest BCUT2D eigenvalue weighted by molar-refractivity contribution is 0.0284. The van der Waals surface area contributed by atoms with Crippen molar-refractivity contribution in [3.8, 4) is 0 Å². The van der Waals surface area contributed by atoms with Gasteiger partial charge in [-0.2, -0.15) is 0 Å². The van der Waals surface area contributed by atoms with Crippen LogP contribution in [0.5, 0.6) is 0 Å². The minimum Gasteiger partial charge on any atom is -0.444 e. The van der Waals surface area contributed by atoms with Gasteiger partial charge in [-0.05, 0) is 44.0 Å². The standard InChI is InChI=1S/C14H20ClNO3/c1-14(2,3)19-13(18)16(4)8-10-5-6-12(15)7-11(10)9-17/h5-7,17H,8-9H2,1-4H3.